The van der Waals surface area contributed by atoms with Crippen molar-refractivity contribution in [2.45, 2.75) is 0 Å². The molecule has 12 heavy (non-hydrogen) atoms. The molecule has 0 fully saturated rings. The maximum Gasteiger partial charge on any atom is 0.153 e. The summed E-state index contributed by atoms with van der Waals surface area (Å²) in [6, 6.07) is 2.88. The lowest BCUT2D eigenvalue weighted by Crippen LogP contribution is -1.88. The van der Waals surface area contributed by atoms with Crippen molar-refractivity contribution in [1.29, 1.82) is 0 Å². The number of methoxy groups -OCH3 is 1. The summed E-state index contributed by atoms with van der Waals surface area (Å²) in [4.78, 5) is 10.4. The summed E-state index contributed by atoms with van der Waals surface area (Å²) in [6.07, 6.45) is 0.574. The average Bonchev–Trinajstić information content (AvgIpc) is 2.05. The van der Waals surface area contributed by atoms with Crippen molar-refractivity contribution >= 4 is 22.2 Å². The molecule has 0 spiro atoms. The van der Waals surface area contributed by atoms with Crippen LogP contribution in [0.25, 0.3) is 0 Å². The zero-order chi connectivity index (χ0) is 9.14. The van der Waals surface area contributed by atoms with E-state index < -0.39 is 0 Å². The van der Waals surface area contributed by atoms with Gasteiger partial charge in [0.15, 0.2) is 6.29 Å². The summed E-state index contributed by atoms with van der Waals surface area (Å²) >= 11 is 3.17. The molecule has 3 nitrogen and oxygen atoms in total. The van der Waals surface area contributed by atoms with Crippen LogP contribution in [-0.4, -0.2) is 18.5 Å². The Balaban J connectivity index is 3.26. The van der Waals surface area contributed by atoms with Gasteiger partial charge in [-0.25, -0.2) is 0 Å². The molecule has 0 radical (unpaired) electrons. The second-order valence-electron chi connectivity index (χ2n) is 2.16. The van der Waals surface area contributed by atoms with Gasteiger partial charge >= 0.3 is 0 Å². The number of benzene rings is 1. The van der Waals surface area contributed by atoms with Crippen LogP contribution >= 0.6 is 15.9 Å². The smallest absolute Gasteiger partial charge is 0.153 e. The highest BCUT2D eigenvalue weighted by atomic mass is 79.9. The minimum Gasteiger partial charge on any atom is -0.507 e. The van der Waals surface area contributed by atoms with Crippen LogP contribution in [0.3, 0.4) is 0 Å². The molecule has 0 bridgehead atoms. The quantitative estimate of drug-likeness (QED) is 0.791. The highest BCUT2D eigenvalue weighted by Gasteiger charge is 2.06. The first-order chi connectivity index (χ1) is 5.69. The number of phenolic OH excluding ortho intramolecular Hbond substituents is 1. The molecule has 0 aliphatic rings. The van der Waals surface area contributed by atoms with E-state index >= 15 is 0 Å². The lowest BCUT2D eigenvalue weighted by molar-refractivity contribution is 0.112. The molecule has 4 heteroatoms. The van der Waals surface area contributed by atoms with Crippen molar-refractivity contribution in [3.8, 4) is 11.5 Å². The van der Waals surface area contributed by atoms with E-state index in [1.165, 1.54) is 19.2 Å². The minimum atomic E-state index is -0.0577. The van der Waals surface area contributed by atoms with Gasteiger partial charge in [0.2, 0.25) is 0 Å². The van der Waals surface area contributed by atoms with Gasteiger partial charge < -0.3 is 9.84 Å². The Morgan fingerprint density at radius 1 is 1.58 bits per heavy atom. The van der Waals surface area contributed by atoms with E-state index in [4.69, 9.17) is 4.74 Å². The number of phenols is 1. The van der Waals surface area contributed by atoms with Gasteiger partial charge in [-0.2, -0.15) is 0 Å². The van der Waals surface area contributed by atoms with Crippen LogP contribution in [0.5, 0.6) is 11.5 Å². The number of halogens is 1. The molecule has 0 saturated heterocycles. The van der Waals surface area contributed by atoms with Gasteiger partial charge in [0.25, 0.3) is 0 Å². The van der Waals surface area contributed by atoms with Crippen LogP contribution in [-0.2, 0) is 0 Å². The molecule has 0 unspecified atom stereocenters. The topological polar surface area (TPSA) is 46.5 Å². The zero-order valence-corrected chi connectivity index (χ0v) is 7.96. The van der Waals surface area contributed by atoms with Crippen LogP contribution in [0, 0.1) is 0 Å². The van der Waals surface area contributed by atoms with Gasteiger partial charge in [-0.3, -0.25) is 4.79 Å². The van der Waals surface area contributed by atoms with Crippen molar-refractivity contribution in [2.24, 2.45) is 0 Å². The Morgan fingerprint density at radius 3 is 2.75 bits per heavy atom. The van der Waals surface area contributed by atoms with Crippen molar-refractivity contribution < 1.29 is 14.6 Å². The number of aldehydes is 1. The van der Waals surface area contributed by atoms with E-state index in [0.717, 1.165) is 0 Å². The predicted octanol–water partition coefficient (Wildman–Crippen LogP) is 1.98. The highest BCUT2D eigenvalue weighted by molar-refractivity contribution is 9.10. The van der Waals surface area contributed by atoms with Gasteiger partial charge in [0.1, 0.15) is 11.5 Å². The van der Waals surface area contributed by atoms with E-state index in [1.54, 1.807) is 0 Å². The number of carbonyl (C=O) groups excluding carboxylic acids is 1. The van der Waals surface area contributed by atoms with Gasteiger partial charge in [0, 0.05) is 0 Å². The number of carbonyl (C=O) groups is 1. The van der Waals surface area contributed by atoms with E-state index in [0.29, 0.717) is 16.5 Å². The van der Waals surface area contributed by atoms with Crippen molar-refractivity contribution in [3.05, 3.63) is 22.2 Å². The number of rotatable bonds is 2. The van der Waals surface area contributed by atoms with Crippen LogP contribution in [0.4, 0.5) is 0 Å². The molecule has 0 atom stereocenters. The fourth-order valence-electron chi connectivity index (χ4n) is 0.809. The lowest BCUT2D eigenvalue weighted by atomic mass is 10.2. The lowest BCUT2D eigenvalue weighted by Gasteiger charge is -2.04. The van der Waals surface area contributed by atoms with Crippen LogP contribution in [0.1, 0.15) is 10.4 Å². The first kappa shape index (κ1) is 9.06. The Hall–Kier alpha value is -1.03. The molecule has 0 saturated carbocycles. The number of ether oxygens (including phenoxy) is 1. The molecule has 1 aromatic carbocycles. The highest BCUT2D eigenvalue weighted by Crippen LogP contribution is 2.30. The second-order valence-corrected chi connectivity index (χ2v) is 3.02. The number of hydrogen-bond donors (Lipinski definition) is 1. The largest absolute Gasteiger partial charge is 0.507 e. The standard InChI is InChI=1S/C8H7BrO3/c1-12-8-2-5(4-10)7(11)3-6(8)9/h2-4,11H,1H3. The van der Waals surface area contributed by atoms with E-state index in [2.05, 4.69) is 15.9 Å². The minimum absolute atomic E-state index is 0.0577. The Morgan fingerprint density at radius 2 is 2.25 bits per heavy atom. The van der Waals surface area contributed by atoms with Crippen LogP contribution < -0.4 is 4.74 Å². The Kier molecular flexibility index (Phi) is 2.70. The number of hydrogen-bond acceptors (Lipinski definition) is 3. The monoisotopic (exact) mass is 230 g/mol. The first-order valence-electron chi connectivity index (χ1n) is 3.20. The van der Waals surface area contributed by atoms with Crippen molar-refractivity contribution in [1.82, 2.24) is 0 Å². The fraction of sp³-hybridized carbons (Fsp3) is 0.125. The Labute approximate surface area is 78.1 Å². The van der Waals surface area contributed by atoms with Crippen LogP contribution in [0.2, 0.25) is 0 Å². The molecule has 1 N–H and O–H groups in total. The molecule has 0 aliphatic carbocycles. The summed E-state index contributed by atoms with van der Waals surface area (Å²) in [6.45, 7) is 0. The maximum atomic E-state index is 10.4. The summed E-state index contributed by atoms with van der Waals surface area (Å²) in [5.74, 6) is 0.465. The molecular formula is C8H7BrO3. The van der Waals surface area contributed by atoms with E-state index in [9.17, 15) is 9.90 Å². The SMILES string of the molecule is COc1cc(C=O)c(O)cc1Br. The fourth-order valence-corrected chi connectivity index (χ4v) is 1.30. The third-order valence-corrected chi connectivity index (χ3v) is 2.05. The van der Waals surface area contributed by atoms with Crippen molar-refractivity contribution in [2.75, 3.05) is 7.11 Å². The Bertz CT molecular complexity index is 309. The molecule has 1 rings (SSSR count). The molecule has 0 aliphatic heterocycles. The van der Waals surface area contributed by atoms with Crippen LogP contribution in [0.15, 0.2) is 16.6 Å². The molecule has 0 amide bonds. The maximum absolute atomic E-state index is 10.4. The zero-order valence-electron chi connectivity index (χ0n) is 6.37. The molecular weight excluding hydrogens is 224 g/mol. The normalized spacial score (nSPS) is 9.50. The third kappa shape index (κ3) is 1.58. The van der Waals surface area contributed by atoms with E-state index in [-0.39, 0.29) is 11.3 Å². The predicted molar refractivity (Wildman–Crippen MR) is 47.7 cm³/mol. The van der Waals surface area contributed by atoms with Crippen molar-refractivity contribution in [3.63, 3.8) is 0 Å². The molecule has 1 aromatic rings. The average molecular weight is 231 g/mol. The van der Waals surface area contributed by atoms with Gasteiger partial charge in [-0.1, -0.05) is 0 Å². The molecule has 0 aromatic heterocycles. The summed E-state index contributed by atoms with van der Waals surface area (Å²) < 4.78 is 5.54. The van der Waals surface area contributed by atoms with Gasteiger partial charge in [-0.15, -0.1) is 0 Å². The third-order valence-electron chi connectivity index (χ3n) is 1.43. The molecule has 64 valence electrons. The van der Waals surface area contributed by atoms with E-state index in [1.807, 2.05) is 0 Å². The molecule has 0 heterocycles. The van der Waals surface area contributed by atoms with Gasteiger partial charge in [-0.05, 0) is 28.1 Å². The summed E-state index contributed by atoms with van der Waals surface area (Å²) in [7, 11) is 1.49. The summed E-state index contributed by atoms with van der Waals surface area (Å²) in [5.41, 5.74) is 0.218. The summed E-state index contributed by atoms with van der Waals surface area (Å²) in [5, 5.41) is 9.19. The van der Waals surface area contributed by atoms with Gasteiger partial charge in [0.05, 0.1) is 17.1 Å². The first-order valence-corrected chi connectivity index (χ1v) is 4.00. The second kappa shape index (κ2) is 3.58. The number of aromatic hydroxyl groups is 1.